The fraction of sp³-hybridized carbons (Fsp3) is 0.538. The van der Waals surface area contributed by atoms with Crippen LogP contribution in [-0.4, -0.2) is 36.1 Å². The molecule has 1 aromatic rings. The minimum atomic E-state index is 0.415. The lowest BCUT2D eigenvalue weighted by atomic mass is 10.1. The zero-order valence-electron chi connectivity index (χ0n) is 10.3. The van der Waals surface area contributed by atoms with Crippen LogP contribution in [0.1, 0.15) is 24.8 Å². The van der Waals surface area contributed by atoms with Gasteiger partial charge in [0.15, 0.2) is 0 Å². The van der Waals surface area contributed by atoms with Gasteiger partial charge in [-0.05, 0) is 32.0 Å². The predicted octanol–water partition coefficient (Wildman–Crippen LogP) is 2.50. The van der Waals surface area contributed by atoms with Gasteiger partial charge in [-0.25, -0.2) is 4.98 Å². The lowest BCUT2D eigenvalue weighted by Crippen LogP contribution is -2.33. The number of hydrogen-bond acceptors (Lipinski definition) is 4. The van der Waals surface area contributed by atoms with E-state index >= 15 is 0 Å². The van der Waals surface area contributed by atoms with Gasteiger partial charge in [0.2, 0.25) is 0 Å². The molecule has 5 heteroatoms. The highest BCUT2D eigenvalue weighted by atomic mass is 35.5. The Kier molecular flexibility index (Phi) is 4.80. The zero-order chi connectivity index (χ0) is 12.8. The summed E-state index contributed by atoms with van der Waals surface area (Å²) in [4.78, 5) is 6.60. The van der Waals surface area contributed by atoms with Gasteiger partial charge in [0, 0.05) is 19.3 Å². The molecule has 0 amide bonds. The van der Waals surface area contributed by atoms with Crippen molar-refractivity contribution in [1.82, 2.24) is 9.88 Å². The number of nitriles is 1. The second-order valence-electron chi connectivity index (χ2n) is 4.46. The molecule has 1 N–H and O–H groups in total. The molecule has 1 aliphatic rings. The quantitative estimate of drug-likeness (QED) is 0.908. The van der Waals surface area contributed by atoms with Gasteiger partial charge < -0.3 is 10.2 Å². The lowest BCUT2D eigenvalue weighted by Gasteiger charge is -2.26. The standard InChI is InChI=1S/C13H17ClN4/c14-12-11(10-15)4-5-16-13(12)17-6-9-18-7-2-1-3-8-18/h4-5H,1-3,6-9H2,(H,16,17). The third-order valence-corrected chi connectivity index (χ3v) is 3.56. The number of nitrogens with zero attached hydrogens (tertiary/aromatic N) is 3. The van der Waals surface area contributed by atoms with E-state index in [9.17, 15) is 0 Å². The van der Waals surface area contributed by atoms with Crippen LogP contribution in [0.15, 0.2) is 12.3 Å². The molecule has 0 radical (unpaired) electrons. The minimum Gasteiger partial charge on any atom is -0.368 e. The first-order valence-corrected chi connectivity index (χ1v) is 6.70. The van der Waals surface area contributed by atoms with Gasteiger partial charge in [-0.1, -0.05) is 18.0 Å². The van der Waals surface area contributed by atoms with Crippen molar-refractivity contribution in [2.24, 2.45) is 0 Å². The number of nitrogens with one attached hydrogen (secondary N) is 1. The van der Waals surface area contributed by atoms with E-state index in [2.05, 4.69) is 21.3 Å². The van der Waals surface area contributed by atoms with Crippen LogP contribution in [0.3, 0.4) is 0 Å². The van der Waals surface area contributed by atoms with Crippen molar-refractivity contribution in [2.75, 3.05) is 31.5 Å². The molecule has 1 aliphatic heterocycles. The van der Waals surface area contributed by atoms with Crippen molar-refractivity contribution >= 4 is 17.4 Å². The second kappa shape index (κ2) is 6.58. The van der Waals surface area contributed by atoms with Crippen molar-refractivity contribution < 1.29 is 0 Å². The maximum atomic E-state index is 8.87. The third kappa shape index (κ3) is 3.34. The molecule has 96 valence electrons. The van der Waals surface area contributed by atoms with Crippen LogP contribution >= 0.6 is 11.6 Å². The van der Waals surface area contributed by atoms with Crippen LogP contribution in [0.5, 0.6) is 0 Å². The van der Waals surface area contributed by atoms with E-state index in [0.717, 1.165) is 13.1 Å². The van der Waals surface area contributed by atoms with Gasteiger partial charge in [0.25, 0.3) is 0 Å². The molecule has 2 heterocycles. The van der Waals surface area contributed by atoms with Crippen molar-refractivity contribution in [3.8, 4) is 6.07 Å². The molecular formula is C13H17ClN4. The molecule has 0 spiro atoms. The predicted molar refractivity (Wildman–Crippen MR) is 72.7 cm³/mol. The Morgan fingerprint density at radius 2 is 2.17 bits per heavy atom. The van der Waals surface area contributed by atoms with Crippen molar-refractivity contribution in [1.29, 1.82) is 5.26 Å². The number of aromatic nitrogens is 1. The number of hydrogen-bond donors (Lipinski definition) is 1. The molecule has 18 heavy (non-hydrogen) atoms. The first-order valence-electron chi connectivity index (χ1n) is 6.32. The van der Waals surface area contributed by atoms with Gasteiger partial charge in [-0.3, -0.25) is 0 Å². The Bertz CT molecular complexity index is 435. The van der Waals surface area contributed by atoms with Gasteiger partial charge in [0.1, 0.15) is 16.9 Å². The Labute approximate surface area is 113 Å². The average molecular weight is 265 g/mol. The maximum absolute atomic E-state index is 8.87. The van der Waals surface area contributed by atoms with E-state index in [4.69, 9.17) is 16.9 Å². The van der Waals surface area contributed by atoms with Crippen LogP contribution < -0.4 is 5.32 Å². The highest BCUT2D eigenvalue weighted by molar-refractivity contribution is 6.34. The summed E-state index contributed by atoms with van der Waals surface area (Å²) in [5.41, 5.74) is 0.465. The first kappa shape index (κ1) is 13.1. The van der Waals surface area contributed by atoms with Crippen molar-refractivity contribution in [3.63, 3.8) is 0 Å². The third-order valence-electron chi connectivity index (χ3n) is 3.18. The minimum absolute atomic E-state index is 0.415. The van der Waals surface area contributed by atoms with E-state index in [1.54, 1.807) is 12.3 Å². The fourth-order valence-corrected chi connectivity index (χ4v) is 2.39. The summed E-state index contributed by atoms with van der Waals surface area (Å²) in [5, 5.41) is 12.5. The number of piperidine rings is 1. The smallest absolute Gasteiger partial charge is 0.146 e. The summed E-state index contributed by atoms with van der Waals surface area (Å²) >= 11 is 6.07. The molecule has 0 aliphatic carbocycles. The van der Waals surface area contributed by atoms with Gasteiger partial charge in [0.05, 0.1) is 5.56 Å². The molecule has 0 atom stereocenters. The molecule has 0 unspecified atom stereocenters. The van der Waals surface area contributed by atoms with Crippen molar-refractivity contribution in [3.05, 3.63) is 22.8 Å². The Hall–Kier alpha value is -1.31. The molecule has 0 aromatic carbocycles. The SMILES string of the molecule is N#Cc1ccnc(NCCN2CCCCC2)c1Cl. The molecular weight excluding hydrogens is 248 g/mol. The zero-order valence-corrected chi connectivity index (χ0v) is 11.1. The molecule has 2 rings (SSSR count). The lowest BCUT2D eigenvalue weighted by molar-refractivity contribution is 0.237. The monoisotopic (exact) mass is 264 g/mol. The van der Waals surface area contributed by atoms with E-state index < -0.39 is 0 Å². The van der Waals surface area contributed by atoms with Crippen LogP contribution in [0.4, 0.5) is 5.82 Å². The number of anilines is 1. The summed E-state index contributed by atoms with van der Waals surface area (Å²) in [6, 6.07) is 3.68. The van der Waals surface area contributed by atoms with E-state index in [1.807, 2.05) is 0 Å². The average Bonchev–Trinajstić information content (AvgIpc) is 2.42. The molecule has 0 bridgehead atoms. The highest BCUT2D eigenvalue weighted by Gasteiger charge is 2.10. The molecule has 1 aromatic heterocycles. The van der Waals surface area contributed by atoms with Crippen LogP contribution in [-0.2, 0) is 0 Å². The highest BCUT2D eigenvalue weighted by Crippen LogP contribution is 2.22. The first-order chi connectivity index (χ1) is 8.81. The van der Waals surface area contributed by atoms with Crippen molar-refractivity contribution in [2.45, 2.75) is 19.3 Å². The second-order valence-corrected chi connectivity index (χ2v) is 4.84. The number of rotatable bonds is 4. The van der Waals surface area contributed by atoms with Crippen LogP contribution in [0.2, 0.25) is 5.02 Å². The fourth-order valence-electron chi connectivity index (χ4n) is 2.17. The largest absolute Gasteiger partial charge is 0.368 e. The molecule has 1 saturated heterocycles. The van der Waals surface area contributed by atoms with Crippen LogP contribution in [0, 0.1) is 11.3 Å². The summed E-state index contributed by atoms with van der Waals surface area (Å²) in [6.07, 6.45) is 5.54. The van der Waals surface area contributed by atoms with Gasteiger partial charge >= 0.3 is 0 Å². The number of halogens is 1. The molecule has 4 nitrogen and oxygen atoms in total. The normalized spacial score (nSPS) is 16.2. The molecule has 1 fully saturated rings. The summed E-state index contributed by atoms with van der Waals surface area (Å²) in [7, 11) is 0. The Balaban J connectivity index is 1.84. The van der Waals surface area contributed by atoms with E-state index in [1.165, 1.54) is 32.4 Å². The van der Waals surface area contributed by atoms with Gasteiger partial charge in [-0.2, -0.15) is 5.26 Å². The summed E-state index contributed by atoms with van der Waals surface area (Å²) in [6.45, 7) is 4.17. The van der Waals surface area contributed by atoms with Crippen LogP contribution in [0.25, 0.3) is 0 Å². The molecule has 0 saturated carbocycles. The topological polar surface area (TPSA) is 52.0 Å². The maximum Gasteiger partial charge on any atom is 0.146 e. The summed E-state index contributed by atoms with van der Waals surface area (Å²) in [5.74, 6) is 0.604. The summed E-state index contributed by atoms with van der Waals surface area (Å²) < 4.78 is 0. The van der Waals surface area contributed by atoms with Gasteiger partial charge in [-0.15, -0.1) is 0 Å². The Morgan fingerprint density at radius 3 is 2.89 bits per heavy atom. The number of pyridine rings is 1. The Morgan fingerprint density at radius 1 is 1.39 bits per heavy atom. The number of likely N-dealkylation sites (tertiary alicyclic amines) is 1. The van der Waals surface area contributed by atoms with E-state index in [0.29, 0.717) is 16.4 Å². The van der Waals surface area contributed by atoms with E-state index in [-0.39, 0.29) is 0 Å².